The first kappa shape index (κ1) is 14.9. The van der Waals surface area contributed by atoms with E-state index in [0.29, 0.717) is 42.1 Å². The van der Waals surface area contributed by atoms with Crippen molar-refractivity contribution < 1.29 is 14.3 Å². The zero-order valence-corrected chi connectivity index (χ0v) is 12.0. The number of rotatable bonds is 5. The first-order valence-corrected chi connectivity index (χ1v) is 6.76. The predicted molar refractivity (Wildman–Crippen MR) is 81.6 cm³/mol. The fourth-order valence-electron chi connectivity index (χ4n) is 2.09. The molecule has 0 aromatic heterocycles. The molecule has 0 saturated heterocycles. The highest BCUT2D eigenvalue weighted by molar-refractivity contribution is 6.08. The van der Waals surface area contributed by atoms with Crippen molar-refractivity contribution in [3.05, 3.63) is 29.8 Å². The summed E-state index contributed by atoms with van der Waals surface area (Å²) in [6.45, 7) is 6.41. The summed E-state index contributed by atoms with van der Waals surface area (Å²) in [6.07, 6.45) is 0.426. The molecule has 112 valence electrons. The molecule has 0 aliphatic carbocycles. The minimum Gasteiger partial charge on any atom is -0.490 e. The van der Waals surface area contributed by atoms with Crippen LogP contribution in [0.15, 0.2) is 24.3 Å². The van der Waals surface area contributed by atoms with Crippen LogP contribution in [0.1, 0.15) is 23.7 Å². The van der Waals surface area contributed by atoms with Crippen molar-refractivity contribution in [3.63, 3.8) is 0 Å². The topological polar surface area (TPSA) is 93.4 Å². The van der Waals surface area contributed by atoms with Crippen molar-refractivity contribution in [2.75, 3.05) is 30.7 Å². The third kappa shape index (κ3) is 3.34. The Kier molecular flexibility index (Phi) is 4.47. The lowest BCUT2D eigenvalue weighted by Crippen LogP contribution is -2.28. The smallest absolute Gasteiger partial charge is 0.246 e. The molecule has 1 aliphatic heterocycles. The molecular weight excluding hydrogens is 270 g/mol. The van der Waals surface area contributed by atoms with E-state index in [1.165, 1.54) is 0 Å². The van der Waals surface area contributed by atoms with Crippen LogP contribution in [-0.2, 0) is 4.79 Å². The average Bonchev–Trinajstić information content (AvgIpc) is 2.45. The second-order valence-electron chi connectivity index (χ2n) is 4.88. The molecule has 6 heteroatoms. The Morgan fingerprint density at radius 2 is 2.29 bits per heavy atom. The molecule has 21 heavy (non-hydrogen) atoms. The van der Waals surface area contributed by atoms with Crippen LogP contribution >= 0.6 is 0 Å². The number of fused-ring (bicyclic) bond motifs is 1. The summed E-state index contributed by atoms with van der Waals surface area (Å²) in [5.41, 5.74) is 8.02. The molecule has 0 atom stereocenters. The van der Waals surface area contributed by atoms with Gasteiger partial charge in [-0.3, -0.25) is 9.59 Å². The number of nitrogens with one attached hydrogen (secondary N) is 2. The van der Waals surface area contributed by atoms with Crippen molar-refractivity contribution in [1.29, 1.82) is 0 Å². The average molecular weight is 289 g/mol. The molecular formula is C15H19N3O3. The van der Waals surface area contributed by atoms with Crippen molar-refractivity contribution in [2.45, 2.75) is 13.3 Å². The normalized spacial score (nSPS) is 13.1. The maximum absolute atomic E-state index is 11.9. The largest absolute Gasteiger partial charge is 0.490 e. The van der Waals surface area contributed by atoms with Gasteiger partial charge >= 0.3 is 0 Å². The van der Waals surface area contributed by atoms with E-state index in [1.807, 2.05) is 0 Å². The number of carbonyl (C=O) groups excluding carboxylic acids is 2. The first-order chi connectivity index (χ1) is 10.0. The van der Waals surface area contributed by atoms with Gasteiger partial charge in [0.1, 0.15) is 12.4 Å². The van der Waals surface area contributed by atoms with Gasteiger partial charge in [0.2, 0.25) is 5.91 Å². The van der Waals surface area contributed by atoms with E-state index in [0.717, 1.165) is 5.69 Å². The van der Waals surface area contributed by atoms with E-state index in [1.54, 1.807) is 19.1 Å². The highest BCUT2D eigenvalue weighted by Crippen LogP contribution is 2.34. The quantitative estimate of drug-likeness (QED) is 0.432. The Bertz CT molecular complexity index is 596. The monoisotopic (exact) mass is 289 g/mol. The number of hydrogen-bond donors (Lipinski definition) is 3. The fourth-order valence-corrected chi connectivity index (χ4v) is 2.09. The molecule has 0 bridgehead atoms. The lowest BCUT2D eigenvalue weighted by Gasteiger charge is -2.20. The van der Waals surface area contributed by atoms with Crippen LogP contribution in [-0.4, -0.2) is 31.4 Å². The fraction of sp³-hybridized carbons (Fsp3) is 0.333. The highest BCUT2D eigenvalue weighted by Gasteiger charge is 2.21. The van der Waals surface area contributed by atoms with Gasteiger partial charge in [-0.05, 0) is 19.1 Å². The molecule has 0 radical (unpaired) electrons. The Labute approximate surface area is 123 Å². The molecule has 1 heterocycles. The van der Waals surface area contributed by atoms with Gasteiger partial charge in [-0.1, -0.05) is 6.58 Å². The van der Waals surface area contributed by atoms with Crippen molar-refractivity contribution in [2.24, 2.45) is 0 Å². The van der Waals surface area contributed by atoms with Gasteiger partial charge in [0.15, 0.2) is 5.78 Å². The van der Waals surface area contributed by atoms with E-state index in [9.17, 15) is 9.59 Å². The number of amides is 1. The SMILES string of the molecule is C=C(C)C(=O)NCCOc1ccc2c(c1N)C(=O)CCN2. The van der Waals surface area contributed by atoms with Gasteiger partial charge in [0.25, 0.3) is 0 Å². The Balaban J connectivity index is 1.99. The second kappa shape index (κ2) is 6.30. The van der Waals surface area contributed by atoms with E-state index < -0.39 is 0 Å². The third-order valence-corrected chi connectivity index (χ3v) is 3.18. The Hall–Kier alpha value is -2.50. The lowest BCUT2D eigenvalue weighted by molar-refractivity contribution is -0.117. The van der Waals surface area contributed by atoms with Crippen molar-refractivity contribution in [3.8, 4) is 5.75 Å². The number of hydrogen-bond acceptors (Lipinski definition) is 5. The van der Waals surface area contributed by atoms with Crippen LogP contribution in [0.25, 0.3) is 0 Å². The maximum Gasteiger partial charge on any atom is 0.246 e. The van der Waals surface area contributed by atoms with E-state index in [-0.39, 0.29) is 18.3 Å². The molecule has 0 unspecified atom stereocenters. The third-order valence-electron chi connectivity index (χ3n) is 3.18. The molecule has 0 saturated carbocycles. The summed E-state index contributed by atoms with van der Waals surface area (Å²) < 4.78 is 5.53. The molecule has 6 nitrogen and oxygen atoms in total. The number of ketones is 1. The summed E-state index contributed by atoms with van der Waals surface area (Å²) >= 11 is 0. The van der Waals surface area contributed by atoms with Crippen LogP contribution in [0, 0.1) is 0 Å². The lowest BCUT2D eigenvalue weighted by atomic mass is 10.00. The van der Waals surface area contributed by atoms with Gasteiger partial charge in [0.05, 0.1) is 17.8 Å². The van der Waals surface area contributed by atoms with Crippen molar-refractivity contribution >= 4 is 23.1 Å². The Morgan fingerprint density at radius 3 is 3.00 bits per heavy atom. The van der Waals surface area contributed by atoms with Crippen LogP contribution in [0.2, 0.25) is 0 Å². The maximum atomic E-state index is 11.9. The van der Waals surface area contributed by atoms with E-state index in [2.05, 4.69) is 17.2 Å². The van der Waals surface area contributed by atoms with E-state index in [4.69, 9.17) is 10.5 Å². The standard InChI is InChI=1S/C15H19N3O3/c1-9(2)15(20)18-7-8-21-12-4-3-10-13(14(12)16)11(19)5-6-17-10/h3-4,17H,1,5-8,16H2,2H3,(H,18,20). The van der Waals surface area contributed by atoms with Gasteiger partial charge in [-0.15, -0.1) is 0 Å². The summed E-state index contributed by atoms with van der Waals surface area (Å²) in [5, 5.41) is 5.79. The van der Waals surface area contributed by atoms with Crippen LogP contribution in [0.5, 0.6) is 5.75 Å². The van der Waals surface area contributed by atoms with Crippen LogP contribution in [0.4, 0.5) is 11.4 Å². The van der Waals surface area contributed by atoms with Crippen LogP contribution in [0.3, 0.4) is 0 Å². The van der Waals surface area contributed by atoms with Gasteiger partial charge in [-0.2, -0.15) is 0 Å². The number of anilines is 2. The summed E-state index contributed by atoms with van der Waals surface area (Å²) in [4.78, 5) is 23.2. The minimum atomic E-state index is -0.212. The summed E-state index contributed by atoms with van der Waals surface area (Å²) in [6, 6.07) is 3.50. The van der Waals surface area contributed by atoms with Crippen molar-refractivity contribution in [1.82, 2.24) is 5.32 Å². The number of Topliss-reactive ketones (excluding diaryl/α,β-unsaturated/α-hetero) is 1. The van der Waals surface area contributed by atoms with Gasteiger partial charge in [-0.25, -0.2) is 0 Å². The highest BCUT2D eigenvalue weighted by atomic mass is 16.5. The molecule has 0 fully saturated rings. The Morgan fingerprint density at radius 1 is 1.52 bits per heavy atom. The molecule has 1 aromatic carbocycles. The van der Waals surface area contributed by atoms with Gasteiger partial charge < -0.3 is 21.1 Å². The number of ether oxygens (including phenoxy) is 1. The molecule has 1 aromatic rings. The zero-order chi connectivity index (χ0) is 15.4. The molecule has 4 N–H and O–H groups in total. The summed E-state index contributed by atoms with van der Waals surface area (Å²) in [5.74, 6) is 0.258. The number of nitrogens with two attached hydrogens (primary N) is 1. The number of nitrogen functional groups attached to an aromatic ring is 1. The first-order valence-electron chi connectivity index (χ1n) is 6.76. The molecule has 0 spiro atoms. The van der Waals surface area contributed by atoms with Crippen LogP contribution < -0.4 is 21.1 Å². The number of carbonyl (C=O) groups is 2. The summed E-state index contributed by atoms with van der Waals surface area (Å²) in [7, 11) is 0. The minimum absolute atomic E-state index is 0.0160. The zero-order valence-electron chi connectivity index (χ0n) is 12.0. The molecule has 1 amide bonds. The molecule has 1 aliphatic rings. The van der Waals surface area contributed by atoms with Gasteiger partial charge in [0, 0.05) is 24.2 Å². The predicted octanol–water partition coefficient (Wildman–Crippen LogP) is 1.34. The molecule has 2 rings (SSSR count). The van der Waals surface area contributed by atoms with E-state index >= 15 is 0 Å². The number of benzene rings is 1. The second-order valence-corrected chi connectivity index (χ2v) is 4.88.